The van der Waals surface area contributed by atoms with Crippen molar-refractivity contribution in [1.82, 2.24) is 4.90 Å². The van der Waals surface area contributed by atoms with Crippen molar-refractivity contribution in [1.29, 1.82) is 0 Å². The minimum atomic E-state index is -0.256. The molecule has 1 unspecified atom stereocenters. The minimum Gasteiger partial charge on any atom is -0.338 e. The molecule has 0 radical (unpaired) electrons. The zero-order valence-electron chi connectivity index (χ0n) is 14.3. The highest BCUT2D eigenvalue weighted by atomic mass is 16.2. The van der Waals surface area contributed by atoms with Crippen molar-refractivity contribution < 1.29 is 9.59 Å². The van der Waals surface area contributed by atoms with Crippen LogP contribution in [0, 0.1) is 11.3 Å². The number of likely N-dealkylation sites (tertiary alicyclic amines) is 1. The van der Waals surface area contributed by atoms with Gasteiger partial charge in [0.25, 0.3) is 5.91 Å². The summed E-state index contributed by atoms with van der Waals surface area (Å²) in [5, 5.41) is 2.68. The monoisotopic (exact) mass is 314 g/mol. The van der Waals surface area contributed by atoms with Crippen molar-refractivity contribution in [2.75, 3.05) is 18.4 Å². The number of rotatable bonds is 4. The van der Waals surface area contributed by atoms with Crippen LogP contribution in [0.2, 0.25) is 0 Å². The van der Waals surface area contributed by atoms with Crippen molar-refractivity contribution in [3.63, 3.8) is 0 Å². The maximum atomic E-state index is 12.6. The number of hydrogen-bond acceptors (Lipinski definition) is 2. The predicted octanol–water partition coefficient (Wildman–Crippen LogP) is 3.71. The summed E-state index contributed by atoms with van der Waals surface area (Å²) in [7, 11) is 0. The first-order valence-corrected chi connectivity index (χ1v) is 8.11. The lowest BCUT2D eigenvalue weighted by Crippen LogP contribution is -2.29. The molecule has 1 aromatic rings. The van der Waals surface area contributed by atoms with Gasteiger partial charge in [0.1, 0.15) is 0 Å². The molecule has 1 atom stereocenters. The van der Waals surface area contributed by atoms with E-state index in [1.165, 1.54) is 6.08 Å². The number of amides is 2. The molecule has 1 heterocycles. The second-order valence-corrected chi connectivity index (χ2v) is 7.44. The Morgan fingerprint density at radius 1 is 1.30 bits per heavy atom. The fourth-order valence-electron chi connectivity index (χ4n) is 3.12. The number of hydrogen-bond donors (Lipinski definition) is 1. The molecule has 124 valence electrons. The maximum absolute atomic E-state index is 12.6. The Morgan fingerprint density at radius 3 is 2.52 bits per heavy atom. The van der Waals surface area contributed by atoms with E-state index in [9.17, 15) is 9.59 Å². The van der Waals surface area contributed by atoms with Crippen molar-refractivity contribution in [2.45, 2.75) is 33.6 Å². The van der Waals surface area contributed by atoms with Crippen LogP contribution in [-0.2, 0) is 4.79 Å². The Labute approximate surface area is 138 Å². The van der Waals surface area contributed by atoms with Gasteiger partial charge in [-0.2, -0.15) is 0 Å². The van der Waals surface area contributed by atoms with Crippen molar-refractivity contribution >= 4 is 17.5 Å². The molecule has 1 N–H and O–H groups in total. The molecule has 4 heteroatoms. The van der Waals surface area contributed by atoms with Crippen LogP contribution in [0.1, 0.15) is 44.0 Å². The van der Waals surface area contributed by atoms with Gasteiger partial charge < -0.3 is 10.2 Å². The fourth-order valence-corrected chi connectivity index (χ4v) is 3.12. The molecule has 1 aromatic carbocycles. The molecule has 1 fully saturated rings. The average molecular weight is 314 g/mol. The number of carbonyl (C=O) groups excluding carboxylic acids is 2. The van der Waals surface area contributed by atoms with Gasteiger partial charge >= 0.3 is 0 Å². The van der Waals surface area contributed by atoms with Gasteiger partial charge in [-0.05, 0) is 54.5 Å². The quantitative estimate of drug-likeness (QED) is 0.861. The van der Waals surface area contributed by atoms with Crippen molar-refractivity contribution in [2.24, 2.45) is 11.3 Å². The number of nitrogens with zero attached hydrogens (tertiary/aromatic N) is 1. The van der Waals surface area contributed by atoms with Crippen LogP contribution in [0.5, 0.6) is 0 Å². The molecule has 2 amide bonds. The van der Waals surface area contributed by atoms with E-state index in [4.69, 9.17) is 0 Å². The number of benzene rings is 1. The Balaban J connectivity index is 1.96. The summed E-state index contributed by atoms with van der Waals surface area (Å²) in [5.41, 5.74) is 1.63. The highest BCUT2D eigenvalue weighted by Crippen LogP contribution is 2.30. The van der Waals surface area contributed by atoms with Crippen LogP contribution in [0.25, 0.3) is 0 Å². The van der Waals surface area contributed by atoms with E-state index in [0.29, 0.717) is 22.6 Å². The largest absolute Gasteiger partial charge is 0.338 e. The Kier molecular flexibility index (Phi) is 5.24. The van der Waals surface area contributed by atoms with E-state index in [2.05, 4.69) is 32.7 Å². The lowest BCUT2D eigenvalue weighted by atomic mass is 9.84. The Bertz CT molecular complexity index is 584. The second-order valence-electron chi connectivity index (χ2n) is 7.44. The van der Waals surface area contributed by atoms with Gasteiger partial charge in [-0.25, -0.2) is 0 Å². The third kappa shape index (κ3) is 4.95. The summed E-state index contributed by atoms with van der Waals surface area (Å²) in [5.74, 6) is 0.404. The average Bonchev–Trinajstić information content (AvgIpc) is 2.93. The second kappa shape index (κ2) is 6.99. The molecular weight excluding hydrogens is 288 g/mol. The summed E-state index contributed by atoms with van der Waals surface area (Å²) < 4.78 is 0. The summed E-state index contributed by atoms with van der Waals surface area (Å²) in [6.07, 6.45) is 3.44. The van der Waals surface area contributed by atoms with Crippen LogP contribution in [-0.4, -0.2) is 29.8 Å². The normalized spacial score (nSPS) is 17.9. The van der Waals surface area contributed by atoms with Crippen molar-refractivity contribution in [3.05, 3.63) is 42.5 Å². The molecule has 0 aromatic heterocycles. The van der Waals surface area contributed by atoms with Gasteiger partial charge in [0.15, 0.2) is 0 Å². The molecule has 23 heavy (non-hydrogen) atoms. The molecule has 4 nitrogen and oxygen atoms in total. The van der Waals surface area contributed by atoms with E-state index < -0.39 is 0 Å². The van der Waals surface area contributed by atoms with E-state index in [-0.39, 0.29) is 11.8 Å². The molecule has 1 aliphatic rings. The smallest absolute Gasteiger partial charge is 0.253 e. The topological polar surface area (TPSA) is 49.4 Å². The lowest BCUT2D eigenvalue weighted by molar-refractivity contribution is -0.111. The maximum Gasteiger partial charge on any atom is 0.253 e. The first kappa shape index (κ1) is 17.3. The van der Waals surface area contributed by atoms with E-state index in [0.717, 1.165) is 25.9 Å². The molecular formula is C19H26N2O2. The highest BCUT2D eigenvalue weighted by Gasteiger charge is 2.29. The van der Waals surface area contributed by atoms with Crippen LogP contribution < -0.4 is 5.32 Å². The number of anilines is 1. The molecule has 1 saturated heterocycles. The Morgan fingerprint density at radius 2 is 1.96 bits per heavy atom. The van der Waals surface area contributed by atoms with Crippen molar-refractivity contribution in [3.8, 4) is 0 Å². The standard InChI is InChI=1S/C19H26N2O2/c1-5-17(22)20-16-8-6-15(7-9-16)18(23)21-11-10-14(13-21)12-19(2,3)4/h5-9,14H,1,10-13H2,2-4H3,(H,20,22). The summed E-state index contributed by atoms with van der Waals surface area (Å²) in [6, 6.07) is 7.02. The highest BCUT2D eigenvalue weighted by molar-refractivity contribution is 5.99. The molecule has 0 spiro atoms. The number of nitrogens with one attached hydrogen (secondary N) is 1. The molecule has 0 saturated carbocycles. The zero-order valence-corrected chi connectivity index (χ0v) is 14.3. The van der Waals surface area contributed by atoms with Gasteiger partial charge in [-0.15, -0.1) is 0 Å². The first-order valence-electron chi connectivity index (χ1n) is 8.11. The van der Waals surface area contributed by atoms with Crippen LogP contribution in [0.4, 0.5) is 5.69 Å². The molecule has 0 bridgehead atoms. The van der Waals surface area contributed by atoms with E-state index in [1.807, 2.05) is 4.90 Å². The SMILES string of the molecule is C=CC(=O)Nc1ccc(C(=O)N2CCC(CC(C)(C)C)C2)cc1. The van der Waals surface area contributed by atoms with Gasteiger partial charge in [0.2, 0.25) is 5.91 Å². The van der Waals surface area contributed by atoms with Gasteiger partial charge in [0.05, 0.1) is 0 Å². The third-order valence-electron chi connectivity index (χ3n) is 4.06. The first-order chi connectivity index (χ1) is 10.8. The zero-order chi connectivity index (χ0) is 17.0. The predicted molar refractivity (Wildman–Crippen MR) is 93.4 cm³/mol. The van der Waals surface area contributed by atoms with Crippen LogP contribution in [0.15, 0.2) is 36.9 Å². The van der Waals surface area contributed by atoms with Gasteiger partial charge in [-0.3, -0.25) is 9.59 Å². The Hall–Kier alpha value is -2.10. The lowest BCUT2D eigenvalue weighted by Gasteiger charge is -2.23. The fraction of sp³-hybridized carbons (Fsp3) is 0.474. The summed E-state index contributed by atoms with van der Waals surface area (Å²) in [4.78, 5) is 25.8. The van der Waals surface area contributed by atoms with Crippen LogP contribution >= 0.6 is 0 Å². The molecule has 2 rings (SSSR count). The summed E-state index contributed by atoms with van der Waals surface area (Å²) >= 11 is 0. The van der Waals surface area contributed by atoms with Gasteiger partial charge in [-0.1, -0.05) is 27.4 Å². The minimum absolute atomic E-state index is 0.0722. The van der Waals surface area contributed by atoms with E-state index >= 15 is 0 Å². The number of carbonyl (C=O) groups is 2. The molecule has 1 aliphatic heterocycles. The van der Waals surface area contributed by atoms with Gasteiger partial charge in [0, 0.05) is 24.3 Å². The van der Waals surface area contributed by atoms with E-state index in [1.54, 1.807) is 24.3 Å². The third-order valence-corrected chi connectivity index (χ3v) is 4.06. The molecule has 0 aliphatic carbocycles. The van der Waals surface area contributed by atoms with Crippen LogP contribution in [0.3, 0.4) is 0 Å². The summed E-state index contributed by atoms with van der Waals surface area (Å²) in [6.45, 7) is 11.8.